The average molecular weight is 331 g/mol. The van der Waals surface area contributed by atoms with Crippen molar-refractivity contribution < 1.29 is 22.7 Å². The van der Waals surface area contributed by atoms with Crippen LogP contribution in [0.4, 0.5) is 13.2 Å². The molecule has 24 heavy (non-hydrogen) atoms. The van der Waals surface area contributed by atoms with Crippen molar-refractivity contribution in [2.75, 3.05) is 0 Å². The van der Waals surface area contributed by atoms with E-state index in [2.05, 4.69) is 0 Å². The van der Waals surface area contributed by atoms with Crippen LogP contribution in [0.2, 0.25) is 0 Å². The maximum atomic E-state index is 12.6. The number of carbonyl (C=O) groups is 1. The zero-order chi connectivity index (χ0) is 17.3. The second kappa shape index (κ2) is 5.88. The molecule has 0 aromatic heterocycles. The van der Waals surface area contributed by atoms with Gasteiger partial charge in [0, 0.05) is 5.39 Å². The van der Waals surface area contributed by atoms with Crippen LogP contribution in [0.5, 0.6) is 11.5 Å². The summed E-state index contributed by atoms with van der Waals surface area (Å²) in [5.74, 6) is -0.273. The van der Waals surface area contributed by atoms with Gasteiger partial charge in [-0.1, -0.05) is 30.3 Å². The van der Waals surface area contributed by atoms with E-state index < -0.39 is 17.6 Å². The van der Waals surface area contributed by atoms with Gasteiger partial charge in [0.15, 0.2) is 0 Å². The summed E-state index contributed by atoms with van der Waals surface area (Å²) in [6, 6.07) is 14.7. The fourth-order valence-corrected chi connectivity index (χ4v) is 2.38. The molecule has 0 fully saturated rings. The van der Waals surface area contributed by atoms with Crippen LogP contribution in [0, 0.1) is 0 Å². The molecule has 2 N–H and O–H groups in total. The van der Waals surface area contributed by atoms with Gasteiger partial charge in [-0.25, -0.2) is 0 Å². The molecule has 3 nitrogen and oxygen atoms in total. The minimum absolute atomic E-state index is 0.161. The summed E-state index contributed by atoms with van der Waals surface area (Å²) < 4.78 is 43.6. The SMILES string of the molecule is NC(=O)c1ccc2ccccc2c1Oc1ccc(C(F)(F)F)cc1. The van der Waals surface area contributed by atoms with E-state index in [1.165, 1.54) is 18.2 Å². The van der Waals surface area contributed by atoms with Gasteiger partial charge in [-0.3, -0.25) is 4.79 Å². The fourth-order valence-electron chi connectivity index (χ4n) is 2.38. The number of alkyl halides is 3. The van der Waals surface area contributed by atoms with Gasteiger partial charge in [0.05, 0.1) is 11.1 Å². The van der Waals surface area contributed by atoms with Gasteiger partial charge < -0.3 is 10.5 Å². The molecule has 0 radical (unpaired) electrons. The Morgan fingerprint density at radius 2 is 1.58 bits per heavy atom. The summed E-state index contributed by atoms with van der Waals surface area (Å²) in [7, 11) is 0. The monoisotopic (exact) mass is 331 g/mol. The highest BCUT2D eigenvalue weighted by Gasteiger charge is 2.30. The molecule has 3 aromatic rings. The summed E-state index contributed by atoms with van der Waals surface area (Å²) in [6.45, 7) is 0. The zero-order valence-electron chi connectivity index (χ0n) is 12.3. The Hall–Kier alpha value is -3.02. The van der Waals surface area contributed by atoms with Gasteiger partial charge in [0.25, 0.3) is 5.91 Å². The number of benzene rings is 3. The summed E-state index contributed by atoms with van der Waals surface area (Å²) in [5.41, 5.74) is 4.76. The second-order valence-corrected chi connectivity index (χ2v) is 5.15. The van der Waals surface area contributed by atoms with Crippen LogP contribution in [0.3, 0.4) is 0 Å². The Morgan fingerprint density at radius 3 is 2.21 bits per heavy atom. The first-order chi connectivity index (χ1) is 11.4. The first kappa shape index (κ1) is 15.9. The Balaban J connectivity index is 2.06. The van der Waals surface area contributed by atoms with E-state index in [4.69, 9.17) is 10.5 Å². The van der Waals surface area contributed by atoms with Crippen molar-refractivity contribution in [3.63, 3.8) is 0 Å². The molecule has 1 amide bonds. The van der Waals surface area contributed by atoms with Crippen LogP contribution < -0.4 is 10.5 Å². The van der Waals surface area contributed by atoms with E-state index in [1.807, 2.05) is 12.1 Å². The number of halogens is 3. The number of ether oxygens (including phenoxy) is 1. The zero-order valence-corrected chi connectivity index (χ0v) is 12.3. The van der Waals surface area contributed by atoms with Crippen molar-refractivity contribution in [3.05, 3.63) is 71.8 Å². The third-order valence-corrected chi connectivity index (χ3v) is 3.55. The van der Waals surface area contributed by atoms with Crippen molar-refractivity contribution in [3.8, 4) is 11.5 Å². The first-order valence-corrected chi connectivity index (χ1v) is 7.03. The van der Waals surface area contributed by atoms with Crippen molar-refractivity contribution >= 4 is 16.7 Å². The molecular weight excluding hydrogens is 319 g/mol. The number of primary amides is 1. The maximum absolute atomic E-state index is 12.6. The predicted octanol–water partition coefficient (Wildman–Crippen LogP) is 4.75. The first-order valence-electron chi connectivity index (χ1n) is 7.03. The van der Waals surface area contributed by atoms with E-state index in [-0.39, 0.29) is 17.1 Å². The molecule has 3 rings (SSSR count). The fraction of sp³-hybridized carbons (Fsp3) is 0.0556. The summed E-state index contributed by atoms with van der Waals surface area (Å²) in [5, 5.41) is 1.47. The quantitative estimate of drug-likeness (QED) is 0.753. The molecule has 0 saturated heterocycles. The second-order valence-electron chi connectivity index (χ2n) is 5.15. The minimum atomic E-state index is -4.42. The lowest BCUT2D eigenvalue weighted by atomic mass is 10.0. The van der Waals surface area contributed by atoms with Gasteiger partial charge in [-0.05, 0) is 35.7 Å². The Bertz CT molecular complexity index is 902. The van der Waals surface area contributed by atoms with E-state index in [1.54, 1.807) is 18.2 Å². The van der Waals surface area contributed by atoms with Crippen LogP contribution in [0.15, 0.2) is 60.7 Å². The van der Waals surface area contributed by atoms with Crippen molar-refractivity contribution in [1.29, 1.82) is 0 Å². The van der Waals surface area contributed by atoms with E-state index in [0.29, 0.717) is 5.39 Å². The molecule has 3 aromatic carbocycles. The molecule has 122 valence electrons. The lowest BCUT2D eigenvalue weighted by Crippen LogP contribution is -2.12. The number of amides is 1. The number of carbonyl (C=O) groups excluding carboxylic acids is 1. The topological polar surface area (TPSA) is 52.3 Å². The van der Waals surface area contributed by atoms with Crippen LogP contribution in [-0.4, -0.2) is 5.91 Å². The van der Waals surface area contributed by atoms with E-state index in [0.717, 1.165) is 17.5 Å². The van der Waals surface area contributed by atoms with Gasteiger partial charge in [0.1, 0.15) is 11.5 Å². The molecule has 0 atom stereocenters. The molecule has 6 heteroatoms. The number of fused-ring (bicyclic) bond motifs is 1. The number of nitrogens with two attached hydrogens (primary N) is 1. The molecule has 0 heterocycles. The van der Waals surface area contributed by atoms with Gasteiger partial charge in [-0.2, -0.15) is 13.2 Å². The van der Waals surface area contributed by atoms with Crippen LogP contribution in [0.1, 0.15) is 15.9 Å². The lowest BCUT2D eigenvalue weighted by molar-refractivity contribution is -0.137. The van der Waals surface area contributed by atoms with E-state index in [9.17, 15) is 18.0 Å². The molecule has 0 aliphatic carbocycles. The highest BCUT2D eigenvalue weighted by Crippen LogP contribution is 2.35. The summed E-state index contributed by atoms with van der Waals surface area (Å²) in [4.78, 5) is 11.6. The van der Waals surface area contributed by atoms with Crippen LogP contribution in [0.25, 0.3) is 10.8 Å². The maximum Gasteiger partial charge on any atom is 0.416 e. The minimum Gasteiger partial charge on any atom is -0.456 e. The predicted molar refractivity (Wildman–Crippen MR) is 84.0 cm³/mol. The smallest absolute Gasteiger partial charge is 0.416 e. The van der Waals surface area contributed by atoms with Gasteiger partial charge >= 0.3 is 6.18 Å². The Kier molecular flexibility index (Phi) is 3.89. The molecule has 0 aliphatic rings. The molecule has 0 aliphatic heterocycles. The highest BCUT2D eigenvalue weighted by atomic mass is 19.4. The third-order valence-electron chi connectivity index (χ3n) is 3.55. The molecular formula is C18H12F3NO2. The number of rotatable bonds is 3. The number of hydrogen-bond donors (Lipinski definition) is 1. The van der Waals surface area contributed by atoms with Crippen LogP contribution >= 0.6 is 0 Å². The van der Waals surface area contributed by atoms with Crippen molar-refractivity contribution in [2.45, 2.75) is 6.18 Å². The Morgan fingerprint density at radius 1 is 0.917 bits per heavy atom. The van der Waals surface area contributed by atoms with Gasteiger partial charge in [-0.15, -0.1) is 0 Å². The largest absolute Gasteiger partial charge is 0.456 e. The Labute approximate surface area is 135 Å². The standard InChI is InChI=1S/C18H12F3NO2/c19-18(20,21)12-6-8-13(9-7-12)24-16-14-4-2-1-3-11(14)5-10-15(16)17(22)23/h1-10H,(H2,22,23). The lowest BCUT2D eigenvalue weighted by Gasteiger charge is -2.13. The molecule has 0 bridgehead atoms. The van der Waals surface area contributed by atoms with Crippen molar-refractivity contribution in [2.24, 2.45) is 5.73 Å². The van der Waals surface area contributed by atoms with E-state index >= 15 is 0 Å². The van der Waals surface area contributed by atoms with Gasteiger partial charge in [0.2, 0.25) is 0 Å². The summed E-state index contributed by atoms with van der Waals surface area (Å²) in [6.07, 6.45) is -4.42. The normalized spacial score (nSPS) is 11.5. The number of hydrogen-bond acceptors (Lipinski definition) is 2. The highest BCUT2D eigenvalue weighted by molar-refractivity contribution is 6.03. The summed E-state index contributed by atoms with van der Waals surface area (Å²) >= 11 is 0. The molecule has 0 saturated carbocycles. The third kappa shape index (κ3) is 3.03. The molecule has 0 unspecified atom stereocenters. The van der Waals surface area contributed by atoms with Crippen molar-refractivity contribution in [1.82, 2.24) is 0 Å². The molecule has 0 spiro atoms. The average Bonchev–Trinajstić information content (AvgIpc) is 2.54. The van der Waals surface area contributed by atoms with Crippen LogP contribution in [-0.2, 0) is 6.18 Å².